The van der Waals surface area contributed by atoms with Crippen molar-refractivity contribution in [1.29, 1.82) is 0 Å². The highest BCUT2D eigenvalue weighted by Crippen LogP contribution is 2.28. The van der Waals surface area contributed by atoms with Crippen LogP contribution >= 0.6 is 11.6 Å². The molecule has 1 aromatic rings. The molecule has 2 fully saturated rings. The maximum Gasteiger partial charge on any atom is 0.240 e. The van der Waals surface area contributed by atoms with Crippen molar-refractivity contribution in [1.82, 2.24) is 19.6 Å². The molecule has 0 aliphatic carbocycles. The van der Waals surface area contributed by atoms with Crippen LogP contribution in [0.3, 0.4) is 0 Å². The van der Waals surface area contributed by atoms with Crippen molar-refractivity contribution in [3.63, 3.8) is 0 Å². The maximum atomic E-state index is 14.1. The number of morpholine rings is 1. The number of hydrogen-bond acceptors (Lipinski definition) is 4. The Labute approximate surface area is 146 Å². The van der Waals surface area contributed by atoms with Gasteiger partial charge in [-0.3, -0.25) is 14.4 Å². The zero-order valence-corrected chi connectivity index (χ0v) is 14.9. The molecular weight excluding hydrogens is 335 g/mol. The fourth-order valence-electron chi connectivity index (χ4n) is 3.52. The molecular formula is C16H24ClFN4O2. The van der Waals surface area contributed by atoms with Gasteiger partial charge in [-0.25, -0.2) is 4.39 Å². The van der Waals surface area contributed by atoms with Crippen LogP contribution in [0, 0.1) is 0 Å². The van der Waals surface area contributed by atoms with E-state index in [1.165, 1.54) is 0 Å². The summed E-state index contributed by atoms with van der Waals surface area (Å²) in [5.41, 5.74) is 1.80. The summed E-state index contributed by atoms with van der Waals surface area (Å²) in [6.07, 6.45) is 0.0148. The van der Waals surface area contributed by atoms with Crippen LogP contribution in [0.2, 0.25) is 5.15 Å². The quantitative estimate of drug-likeness (QED) is 0.816. The zero-order valence-electron chi connectivity index (χ0n) is 14.2. The number of rotatable bonds is 4. The molecule has 1 amide bonds. The SMILES string of the molecule is CCc1nn(C)c(Cl)c1CN1C[C@H](F)C[C@H]1C(=O)N1CCOCC1. The van der Waals surface area contributed by atoms with Gasteiger partial charge in [-0.2, -0.15) is 5.10 Å². The normalized spacial score (nSPS) is 25.4. The van der Waals surface area contributed by atoms with Crippen molar-refractivity contribution < 1.29 is 13.9 Å². The van der Waals surface area contributed by atoms with Crippen molar-refractivity contribution in [3.05, 3.63) is 16.4 Å². The minimum absolute atomic E-state index is 0.00323. The van der Waals surface area contributed by atoms with Gasteiger partial charge >= 0.3 is 0 Å². The van der Waals surface area contributed by atoms with Crippen LogP contribution in [-0.4, -0.2) is 70.5 Å². The van der Waals surface area contributed by atoms with Gasteiger partial charge in [0.2, 0.25) is 5.91 Å². The number of aromatic nitrogens is 2. The van der Waals surface area contributed by atoms with Crippen molar-refractivity contribution in [3.8, 4) is 0 Å². The van der Waals surface area contributed by atoms with Crippen molar-refractivity contribution >= 4 is 17.5 Å². The summed E-state index contributed by atoms with van der Waals surface area (Å²) in [6.45, 7) is 4.98. The molecule has 6 nitrogen and oxygen atoms in total. The number of nitrogens with zero attached hydrogens (tertiary/aromatic N) is 4. The number of hydrogen-bond donors (Lipinski definition) is 0. The molecule has 3 rings (SSSR count). The van der Waals surface area contributed by atoms with Gasteiger partial charge in [0.05, 0.1) is 24.9 Å². The average molecular weight is 359 g/mol. The lowest BCUT2D eigenvalue weighted by Gasteiger charge is -2.32. The minimum atomic E-state index is -0.986. The number of aryl methyl sites for hydroxylation is 2. The Bertz CT molecular complexity index is 603. The van der Waals surface area contributed by atoms with E-state index in [1.807, 2.05) is 11.8 Å². The van der Waals surface area contributed by atoms with E-state index >= 15 is 0 Å². The van der Waals surface area contributed by atoms with E-state index in [4.69, 9.17) is 16.3 Å². The van der Waals surface area contributed by atoms with Crippen LogP contribution in [0.4, 0.5) is 4.39 Å². The molecule has 0 N–H and O–H groups in total. The van der Waals surface area contributed by atoms with Crippen molar-refractivity contribution in [2.45, 2.75) is 38.5 Å². The number of carbonyl (C=O) groups is 1. The molecule has 0 saturated carbocycles. The van der Waals surface area contributed by atoms with Gasteiger partial charge in [-0.15, -0.1) is 0 Å². The summed E-state index contributed by atoms with van der Waals surface area (Å²) in [5, 5.41) is 4.96. The Morgan fingerprint density at radius 2 is 2.12 bits per heavy atom. The number of halogens is 2. The van der Waals surface area contributed by atoms with Crippen molar-refractivity contribution in [2.75, 3.05) is 32.8 Å². The summed E-state index contributed by atoms with van der Waals surface area (Å²) in [6, 6.07) is -0.431. The number of carbonyl (C=O) groups excluding carboxylic acids is 1. The van der Waals surface area contributed by atoms with E-state index < -0.39 is 12.2 Å². The lowest BCUT2D eigenvalue weighted by atomic mass is 10.1. The lowest BCUT2D eigenvalue weighted by Crippen LogP contribution is -2.49. The standard InChI is InChI=1S/C16H24ClFN4O2/c1-3-13-12(15(17)20(2)19-13)10-22-9-11(18)8-14(22)16(23)21-4-6-24-7-5-21/h11,14H,3-10H2,1-2H3/t11-,14+/m1/s1. The summed E-state index contributed by atoms with van der Waals surface area (Å²) < 4.78 is 21.0. The number of ether oxygens (including phenoxy) is 1. The van der Waals surface area contributed by atoms with E-state index in [0.717, 1.165) is 17.7 Å². The first kappa shape index (κ1) is 17.6. The monoisotopic (exact) mass is 358 g/mol. The Balaban J connectivity index is 1.77. The van der Waals surface area contributed by atoms with Crippen LogP contribution in [0.5, 0.6) is 0 Å². The molecule has 0 aromatic carbocycles. The fourth-order valence-corrected chi connectivity index (χ4v) is 3.72. The van der Waals surface area contributed by atoms with Crippen LogP contribution in [0.1, 0.15) is 24.6 Å². The van der Waals surface area contributed by atoms with Gasteiger partial charge in [0, 0.05) is 45.2 Å². The molecule has 2 saturated heterocycles. The molecule has 0 spiro atoms. The molecule has 2 aliphatic rings. The second-order valence-corrected chi connectivity index (χ2v) is 6.77. The first-order chi connectivity index (χ1) is 11.5. The molecule has 134 valence electrons. The average Bonchev–Trinajstić information content (AvgIpc) is 3.09. The molecule has 0 bridgehead atoms. The van der Waals surface area contributed by atoms with Crippen LogP contribution in [0.15, 0.2) is 0 Å². The fraction of sp³-hybridized carbons (Fsp3) is 0.750. The van der Waals surface area contributed by atoms with Crippen LogP contribution in [0.25, 0.3) is 0 Å². The summed E-state index contributed by atoms with van der Waals surface area (Å²) in [4.78, 5) is 16.5. The number of likely N-dealkylation sites (tertiary alicyclic amines) is 1. The van der Waals surface area contributed by atoms with Crippen LogP contribution < -0.4 is 0 Å². The van der Waals surface area contributed by atoms with Gasteiger partial charge in [0.1, 0.15) is 11.3 Å². The highest BCUT2D eigenvalue weighted by atomic mass is 35.5. The predicted molar refractivity (Wildman–Crippen MR) is 88.7 cm³/mol. The zero-order chi connectivity index (χ0) is 17.3. The summed E-state index contributed by atoms with van der Waals surface area (Å²) >= 11 is 6.35. The summed E-state index contributed by atoms with van der Waals surface area (Å²) in [7, 11) is 1.79. The Morgan fingerprint density at radius 3 is 2.79 bits per heavy atom. The minimum Gasteiger partial charge on any atom is -0.378 e. The van der Waals surface area contributed by atoms with Gasteiger partial charge in [-0.05, 0) is 6.42 Å². The second-order valence-electron chi connectivity index (χ2n) is 6.41. The third kappa shape index (κ3) is 3.43. The van der Waals surface area contributed by atoms with E-state index in [1.54, 1.807) is 16.6 Å². The smallest absolute Gasteiger partial charge is 0.240 e. The lowest BCUT2D eigenvalue weighted by molar-refractivity contribution is -0.140. The Hall–Kier alpha value is -1.18. The Morgan fingerprint density at radius 1 is 1.42 bits per heavy atom. The molecule has 3 heterocycles. The molecule has 0 unspecified atom stereocenters. The molecule has 8 heteroatoms. The number of amides is 1. The highest BCUT2D eigenvalue weighted by molar-refractivity contribution is 6.30. The first-order valence-electron chi connectivity index (χ1n) is 8.46. The second kappa shape index (κ2) is 7.37. The third-order valence-electron chi connectivity index (χ3n) is 4.81. The van der Waals surface area contributed by atoms with E-state index in [-0.39, 0.29) is 18.9 Å². The van der Waals surface area contributed by atoms with Crippen molar-refractivity contribution in [2.24, 2.45) is 7.05 Å². The maximum absolute atomic E-state index is 14.1. The molecule has 0 radical (unpaired) electrons. The van der Waals surface area contributed by atoms with Gasteiger partial charge in [-0.1, -0.05) is 18.5 Å². The number of alkyl halides is 1. The Kier molecular flexibility index (Phi) is 5.42. The van der Waals surface area contributed by atoms with E-state index in [0.29, 0.717) is 38.0 Å². The largest absolute Gasteiger partial charge is 0.378 e. The predicted octanol–water partition coefficient (Wildman–Crippen LogP) is 1.41. The highest BCUT2D eigenvalue weighted by Gasteiger charge is 2.40. The molecule has 2 atom stereocenters. The molecule has 2 aliphatic heterocycles. The van der Waals surface area contributed by atoms with E-state index in [9.17, 15) is 9.18 Å². The topological polar surface area (TPSA) is 50.6 Å². The van der Waals surface area contributed by atoms with Gasteiger partial charge in [0.25, 0.3) is 0 Å². The van der Waals surface area contributed by atoms with Gasteiger partial charge < -0.3 is 9.64 Å². The van der Waals surface area contributed by atoms with Gasteiger partial charge in [0.15, 0.2) is 0 Å². The van der Waals surface area contributed by atoms with Crippen LogP contribution in [-0.2, 0) is 29.5 Å². The van der Waals surface area contributed by atoms with E-state index in [2.05, 4.69) is 5.10 Å². The molecule has 24 heavy (non-hydrogen) atoms. The summed E-state index contributed by atoms with van der Waals surface area (Å²) in [5.74, 6) is -0.00323. The first-order valence-corrected chi connectivity index (χ1v) is 8.84. The third-order valence-corrected chi connectivity index (χ3v) is 5.28. The molecule has 1 aromatic heterocycles.